The quantitative estimate of drug-likeness (QED) is 0.240. The van der Waals surface area contributed by atoms with Gasteiger partial charge < -0.3 is 14.2 Å². The maximum absolute atomic E-state index is 13.5. The summed E-state index contributed by atoms with van der Waals surface area (Å²) in [5, 5.41) is 0.551. The van der Waals surface area contributed by atoms with Crippen LogP contribution < -0.4 is 9.47 Å². The van der Waals surface area contributed by atoms with Crippen LogP contribution in [-0.2, 0) is 16.1 Å². The van der Waals surface area contributed by atoms with Crippen LogP contribution in [-0.4, -0.2) is 42.2 Å². The molecule has 1 aliphatic rings. The summed E-state index contributed by atoms with van der Waals surface area (Å²) in [6.07, 6.45) is 1.79. The molecular weight excluding hydrogens is 507 g/mol. The minimum absolute atomic E-state index is 0.146. The Morgan fingerprint density at radius 3 is 2.50 bits per heavy atom. The highest BCUT2D eigenvalue weighted by molar-refractivity contribution is 8.18. The van der Waals surface area contributed by atoms with E-state index in [1.165, 1.54) is 31.0 Å². The fourth-order valence-electron chi connectivity index (χ4n) is 3.71. The van der Waals surface area contributed by atoms with Crippen molar-refractivity contribution >= 4 is 40.6 Å². The molecule has 0 N–H and O–H groups in total. The number of methoxy groups -OCH3 is 1. The summed E-state index contributed by atoms with van der Waals surface area (Å²) >= 11 is 1.28. The van der Waals surface area contributed by atoms with Crippen molar-refractivity contribution in [3.8, 4) is 11.5 Å². The topological polar surface area (TPSA) is 77.4 Å². The maximum atomic E-state index is 13.5. The third-order valence-corrected chi connectivity index (χ3v) is 6.57. The van der Waals surface area contributed by atoms with Crippen molar-refractivity contribution in [3.63, 3.8) is 0 Å². The number of rotatable bonds is 9. The van der Waals surface area contributed by atoms with E-state index in [9.17, 15) is 14.0 Å². The third-order valence-electron chi connectivity index (χ3n) is 5.57. The van der Waals surface area contributed by atoms with Gasteiger partial charge in [0.15, 0.2) is 16.7 Å². The molecule has 4 rings (SSSR count). The molecule has 9 heteroatoms. The first-order valence-corrected chi connectivity index (χ1v) is 12.9. The predicted molar refractivity (Wildman–Crippen MR) is 146 cm³/mol. The number of hydrogen-bond acceptors (Lipinski definition) is 7. The number of amidine groups is 1. The lowest BCUT2D eigenvalue weighted by molar-refractivity contribution is -0.122. The van der Waals surface area contributed by atoms with Gasteiger partial charge in [-0.1, -0.05) is 18.2 Å². The summed E-state index contributed by atoms with van der Waals surface area (Å²) in [5.74, 6) is 0.162. The molecule has 0 atom stereocenters. The van der Waals surface area contributed by atoms with Crippen LogP contribution in [0, 0.1) is 5.82 Å². The molecule has 3 aromatic rings. The van der Waals surface area contributed by atoms with Crippen LogP contribution >= 0.6 is 11.8 Å². The summed E-state index contributed by atoms with van der Waals surface area (Å²) in [6, 6.07) is 18.3. The van der Waals surface area contributed by atoms with Gasteiger partial charge >= 0.3 is 5.97 Å². The third kappa shape index (κ3) is 6.41. The fourth-order valence-corrected chi connectivity index (χ4v) is 4.77. The number of halogens is 1. The van der Waals surface area contributed by atoms with Crippen LogP contribution in [0.5, 0.6) is 11.5 Å². The van der Waals surface area contributed by atoms with E-state index in [1.807, 2.05) is 26.0 Å². The molecule has 0 spiro atoms. The lowest BCUT2D eigenvalue weighted by Crippen LogP contribution is -2.28. The molecule has 1 amide bonds. The Balaban J connectivity index is 1.54. The SMILES string of the molecule is CCOc1cc(/C=C2\SC(=Nc3ccc(C(=O)OC)cc3)N(CC)C2=O)ccc1OCc1cccc(F)c1. The summed E-state index contributed by atoms with van der Waals surface area (Å²) < 4.78 is 29.9. The number of esters is 1. The van der Waals surface area contributed by atoms with Gasteiger partial charge in [0.05, 0.1) is 29.9 Å². The van der Waals surface area contributed by atoms with Gasteiger partial charge in [0, 0.05) is 6.54 Å². The maximum Gasteiger partial charge on any atom is 0.337 e. The molecule has 1 fully saturated rings. The van der Waals surface area contributed by atoms with Crippen LogP contribution in [0.2, 0.25) is 0 Å². The Morgan fingerprint density at radius 1 is 1.03 bits per heavy atom. The van der Waals surface area contributed by atoms with Gasteiger partial charge in [0.2, 0.25) is 0 Å². The van der Waals surface area contributed by atoms with Gasteiger partial charge in [-0.3, -0.25) is 9.69 Å². The van der Waals surface area contributed by atoms with E-state index in [-0.39, 0.29) is 18.3 Å². The van der Waals surface area contributed by atoms with E-state index in [2.05, 4.69) is 4.99 Å². The monoisotopic (exact) mass is 534 g/mol. The van der Waals surface area contributed by atoms with Crippen LogP contribution in [0.15, 0.2) is 76.6 Å². The zero-order valence-corrected chi connectivity index (χ0v) is 22.1. The van der Waals surface area contributed by atoms with Gasteiger partial charge in [-0.2, -0.15) is 0 Å². The van der Waals surface area contributed by atoms with Crippen molar-refractivity contribution in [2.75, 3.05) is 20.3 Å². The first-order chi connectivity index (χ1) is 18.4. The molecule has 3 aromatic carbocycles. The summed E-state index contributed by atoms with van der Waals surface area (Å²) in [4.78, 5) is 31.5. The number of carbonyl (C=O) groups excluding carboxylic acids is 2. The number of carbonyl (C=O) groups is 2. The van der Waals surface area contributed by atoms with Gasteiger partial charge in [-0.25, -0.2) is 14.2 Å². The molecule has 0 aliphatic carbocycles. The number of thioether (sulfide) groups is 1. The van der Waals surface area contributed by atoms with Gasteiger partial charge in [-0.15, -0.1) is 0 Å². The van der Waals surface area contributed by atoms with E-state index in [4.69, 9.17) is 14.2 Å². The second-order valence-electron chi connectivity index (χ2n) is 8.15. The van der Waals surface area contributed by atoms with Gasteiger partial charge in [-0.05, 0) is 91.3 Å². The molecule has 1 saturated heterocycles. The highest BCUT2D eigenvalue weighted by Crippen LogP contribution is 2.36. The highest BCUT2D eigenvalue weighted by atomic mass is 32.2. The van der Waals surface area contributed by atoms with Gasteiger partial charge in [0.25, 0.3) is 5.91 Å². The summed E-state index contributed by atoms with van der Waals surface area (Å²) in [7, 11) is 1.33. The van der Waals surface area contributed by atoms with Gasteiger partial charge in [0.1, 0.15) is 12.4 Å². The first-order valence-electron chi connectivity index (χ1n) is 12.0. The molecule has 0 aromatic heterocycles. The Labute approximate surface area is 224 Å². The molecule has 0 radical (unpaired) electrons. The van der Waals surface area contributed by atoms with Crippen molar-refractivity contribution in [1.82, 2.24) is 4.90 Å². The number of aliphatic imine (C=N–C) groups is 1. The van der Waals surface area contributed by atoms with E-state index in [0.717, 1.165) is 5.56 Å². The number of hydrogen-bond donors (Lipinski definition) is 0. The lowest BCUT2D eigenvalue weighted by Gasteiger charge is -2.13. The van der Waals surface area contributed by atoms with Crippen molar-refractivity contribution in [2.45, 2.75) is 20.5 Å². The van der Waals surface area contributed by atoms with E-state index in [1.54, 1.807) is 53.4 Å². The van der Waals surface area contributed by atoms with Crippen LogP contribution in [0.3, 0.4) is 0 Å². The molecule has 38 heavy (non-hydrogen) atoms. The summed E-state index contributed by atoms with van der Waals surface area (Å²) in [5.41, 5.74) is 2.51. The van der Waals surface area contributed by atoms with Crippen LogP contribution in [0.1, 0.15) is 35.3 Å². The van der Waals surface area contributed by atoms with Crippen LogP contribution in [0.25, 0.3) is 6.08 Å². The number of nitrogens with zero attached hydrogens (tertiary/aromatic N) is 2. The Kier molecular flexibility index (Phi) is 8.81. The number of ether oxygens (including phenoxy) is 3. The van der Waals surface area contributed by atoms with E-state index >= 15 is 0 Å². The molecular formula is C29H27FN2O5S. The predicted octanol–water partition coefficient (Wildman–Crippen LogP) is 6.21. The van der Waals surface area contributed by atoms with Crippen molar-refractivity contribution in [2.24, 2.45) is 4.99 Å². The fraction of sp³-hybridized carbons (Fsp3) is 0.207. The standard InChI is InChI=1S/C29H27FN2O5S/c1-4-32-27(33)26(38-29(32)31-23-12-10-21(11-13-23)28(34)35-3)17-19-9-14-24(25(16-19)36-5-2)37-18-20-7-6-8-22(30)15-20/h6-17H,4-5,18H2,1-3H3/b26-17-,31-29?. The zero-order valence-electron chi connectivity index (χ0n) is 21.3. The molecule has 0 saturated carbocycles. The molecule has 0 bridgehead atoms. The Bertz CT molecular complexity index is 1390. The Hall–Kier alpha value is -4.11. The minimum Gasteiger partial charge on any atom is -0.490 e. The number of amides is 1. The molecule has 1 aliphatic heterocycles. The minimum atomic E-state index is -0.424. The normalized spacial score (nSPS) is 15.3. The second-order valence-corrected chi connectivity index (χ2v) is 9.16. The Morgan fingerprint density at radius 2 is 1.82 bits per heavy atom. The van der Waals surface area contributed by atoms with E-state index in [0.29, 0.717) is 51.5 Å². The average molecular weight is 535 g/mol. The highest BCUT2D eigenvalue weighted by Gasteiger charge is 2.32. The second kappa shape index (κ2) is 12.4. The smallest absolute Gasteiger partial charge is 0.337 e. The molecule has 7 nitrogen and oxygen atoms in total. The molecule has 0 unspecified atom stereocenters. The van der Waals surface area contributed by atoms with Crippen molar-refractivity contribution in [3.05, 3.63) is 94.1 Å². The zero-order chi connectivity index (χ0) is 27.1. The lowest BCUT2D eigenvalue weighted by atomic mass is 10.1. The van der Waals surface area contributed by atoms with Crippen molar-refractivity contribution in [1.29, 1.82) is 0 Å². The number of benzene rings is 3. The van der Waals surface area contributed by atoms with Crippen molar-refractivity contribution < 1.29 is 28.2 Å². The van der Waals surface area contributed by atoms with E-state index < -0.39 is 5.97 Å². The molecule has 1 heterocycles. The largest absolute Gasteiger partial charge is 0.490 e. The summed E-state index contributed by atoms with van der Waals surface area (Å²) in [6.45, 7) is 4.84. The molecule has 196 valence electrons. The number of likely N-dealkylation sites (N-methyl/N-ethyl adjacent to an activating group) is 1. The average Bonchev–Trinajstić information content (AvgIpc) is 3.21. The van der Waals surface area contributed by atoms with Crippen LogP contribution in [0.4, 0.5) is 10.1 Å². The first kappa shape index (κ1) is 26.9.